The third-order valence-corrected chi connectivity index (χ3v) is 2.86. The minimum absolute atomic E-state index is 0.0496. The molecule has 1 atom stereocenters. The molecule has 0 radical (unpaired) electrons. The molecule has 0 aromatic heterocycles. The molecule has 1 aromatic rings. The van der Waals surface area contributed by atoms with Crippen molar-refractivity contribution in [3.05, 3.63) is 28.2 Å². The summed E-state index contributed by atoms with van der Waals surface area (Å²) in [6.45, 7) is 1.59. The molecular formula is C11H11BrF3NO2. The first-order valence-electron chi connectivity index (χ1n) is 5.05. The summed E-state index contributed by atoms with van der Waals surface area (Å²) in [5.74, 6) is -1.01. The summed E-state index contributed by atoms with van der Waals surface area (Å²) in [4.78, 5) is 10.5. The van der Waals surface area contributed by atoms with Crippen molar-refractivity contribution < 1.29 is 23.1 Å². The maximum absolute atomic E-state index is 12.6. The van der Waals surface area contributed by atoms with Crippen LogP contribution in [-0.2, 0) is 11.0 Å². The van der Waals surface area contributed by atoms with Gasteiger partial charge in [-0.05, 0) is 25.1 Å². The molecule has 1 aromatic carbocycles. The molecule has 0 saturated heterocycles. The monoisotopic (exact) mass is 325 g/mol. The van der Waals surface area contributed by atoms with Crippen LogP contribution >= 0.6 is 15.9 Å². The fourth-order valence-corrected chi connectivity index (χ4v) is 1.90. The predicted molar refractivity (Wildman–Crippen MR) is 64.5 cm³/mol. The summed E-state index contributed by atoms with van der Waals surface area (Å²) in [7, 11) is 0. The van der Waals surface area contributed by atoms with Crippen molar-refractivity contribution in [2.75, 3.05) is 5.32 Å². The van der Waals surface area contributed by atoms with E-state index >= 15 is 0 Å². The second-order valence-corrected chi connectivity index (χ2v) is 4.69. The Morgan fingerprint density at radius 1 is 1.50 bits per heavy atom. The first-order valence-corrected chi connectivity index (χ1v) is 5.84. The average Bonchev–Trinajstić information content (AvgIpc) is 2.17. The minimum atomic E-state index is -4.45. The number of aliphatic carboxylic acids is 1. The highest BCUT2D eigenvalue weighted by Crippen LogP contribution is 2.36. The number of carboxylic acid groups (broad SMARTS) is 1. The number of anilines is 1. The second kappa shape index (κ2) is 5.60. The van der Waals surface area contributed by atoms with Crippen LogP contribution in [0.15, 0.2) is 22.7 Å². The molecule has 1 unspecified atom stereocenters. The van der Waals surface area contributed by atoms with Crippen molar-refractivity contribution in [3.8, 4) is 0 Å². The Morgan fingerprint density at radius 3 is 2.61 bits per heavy atom. The molecule has 7 heteroatoms. The second-order valence-electron chi connectivity index (χ2n) is 3.84. The summed E-state index contributed by atoms with van der Waals surface area (Å²) in [5.41, 5.74) is -0.561. The van der Waals surface area contributed by atoms with Crippen LogP contribution < -0.4 is 5.32 Å². The normalized spacial score (nSPS) is 13.2. The number of rotatable bonds is 4. The highest BCUT2D eigenvalue weighted by molar-refractivity contribution is 9.10. The van der Waals surface area contributed by atoms with Crippen molar-refractivity contribution in [2.45, 2.75) is 25.6 Å². The van der Waals surface area contributed by atoms with Crippen LogP contribution in [0.25, 0.3) is 0 Å². The Labute approximate surface area is 110 Å². The summed E-state index contributed by atoms with van der Waals surface area (Å²) in [6.07, 6.45) is -4.62. The van der Waals surface area contributed by atoms with Crippen LogP contribution in [-0.4, -0.2) is 17.1 Å². The minimum Gasteiger partial charge on any atom is -0.481 e. The van der Waals surface area contributed by atoms with Gasteiger partial charge >= 0.3 is 12.1 Å². The Hall–Kier alpha value is -1.24. The third-order valence-electron chi connectivity index (χ3n) is 2.17. The van der Waals surface area contributed by atoms with E-state index in [1.54, 1.807) is 6.92 Å². The molecule has 0 amide bonds. The highest BCUT2D eigenvalue weighted by Gasteiger charge is 2.33. The molecule has 18 heavy (non-hydrogen) atoms. The van der Waals surface area contributed by atoms with E-state index in [9.17, 15) is 18.0 Å². The zero-order valence-electron chi connectivity index (χ0n) is 9.38. The van der Waals surface area contributed by atoms with Gasteiger partial charge in [0.05, 0.1) is 12.0 Å². The third kappa shape index (κ3) is 4.21. The van der Waals surface area contributed by atoms with Gasteiger partial charge in [-0.2, -0.15) is 13.2 Å². The first-order chi connectivity index (χ1) is 8.20. The maximum atomic E-state index is 12.6. The van der Waals surface area contributed by atoms with E-state index in [4.69, 9.17) is 5.11 Å². The molecule has 2 N–H and O–H groups in total. The summed E-state index contributed by atoms with van der Waals surface area (Å²) >= 11 is 2.83. The topological polar surface area (TPSA) is 49.3 Å². The lowest BCUT2D eigenvalue weighted by Gasteiger charge is -2.16. The van der Waals surface area contributed by atoms with Gasteiger partial charge in [0.2, 0.25) is 0 Å². The van der Waals surface area contributed by atoms with Gasteiger partial charge in [-0.25, -0.2) is 0 Å². The van der Waals surface area contributed by atoms with E-state index in [1.807, 2.05) is 0 Å². The van der Waals surface area contributed by atoms with Crippen molar-refractivity contribution in [1.29, 1.82) is 0 Å². The van der Waals surface area contributed by atoms with Crippen molar-refractivity contribution in [1.82, 2.24) is 0 Å². The van der Waals surface area contributed by atoms with E-state index in [2.05, 4.69) is 21.2 Å². The molecule has 0 heterocycles. The van der Waals surface area contributed by atoms with Crippen molar-refractivity contribution in [2.24, 2.45) is 0 Å². The number of hydrogen-bond donors (Lipinski definition) is 2. The van der Waals surface area contributed by atoms with Crippen LogP contribution in [0.2, 0.25) is 0 Å². The van der Waals surface area contributed by atoms with Crippen LogP contribution in [0.5, 0.6) is 0 Å². The lowest BCUT2D eigenvalue weighted by atomic mass is 10.1. The number of carboxylic acids is 1. The van der Waals surface area contributed by atoms with E-state index < -0.39 is 23.8 Å². The van der Waals surface area contributed by atoms with Gasteiger partial charge in [-0.3, -0.25) is 4.79 Å². The largest absolute Gasteiger partial charge is 0.481 e. The van der Waals surface area contributed by atoms with Crippen LogP contribution in [0.4, 0.5) is 18.9 Å². The Balaban J connectivity index is 2.89. The van der Waals surface area contributed by atoms with Gasteiger partial charge in [0, 0.05) is 16.2 Å². The zero-order chi connectivity index (χ0) is 13.9. The molecular weight excluding hydrogens is 315 g/mol. The van der Waals surface area contributed by atoms with Gasteiger partial charge in [0.1, 0.15) is 0 Å². The molecule has 0 aliphatic carbocycles. The number of carbonyl (C=O) groups is 1. The zero-order valence-corrected chi connectivity index (χ0v) is 11.0. The van der Waals surface area contributed by atoms with Gasteiger partial charge < -0.3 is 10.4 Å². The number of benzene rings is 1. The molecule has 100 valence electrons. The summed E-state index contributed by atoms with van der Waals surface area (Å²) in [6, 6.07) is 3.23. The van der Waals surface area contributed by atoms with E-state index in [0.29, 0.717) is 0 Å². The molecule has 0 spiro atoms. The van der Waals surface area contributed by atoms with Crippen molar-refractivity contribution >= 4 is 27.6 Å². The lowest BCUT2D eigenvalue weighted by Crippen LogP contribution is -2.19. The summed E-state index contributed by atoms with van der Waals surface area (Å²) < 4.78 is 37.8. The number of hydrogen-bond acceptors (Lipinski definition) is 2. The quantitative estimate of drug-likeness (QED) is 0.886. The van der Waals surface area contributed by atoms with Crippen molar-refractivity contribution in [3.63, 3.8) is 0 Å². The molecule has 0 fully saturated rings. The fraction of sp³-hybridized carbons (Fsp3) is 0.364. The average molecular weight is 326 g/mol. The van der Waals surface area contributed by atoms with Crippen LogP contribution in [0.3, 0.4) is 0 Å². The highest BCUT2D eigenvalue weighted by atomic mass is 79.9. The van der Waals surface area contributed by atoms with Gasteiger partial charge in [-0.1, -0.05) is 15.9 Å². The number of nitrogens with one attached hydrogen (secondary N) is 1. The maximum Gasteiger partial charge on any atom is 0.417 e. The van der Waals surface area contributed by atoms with E-state index in [-0.39, 0.29) is 16.6 Å². The first kappa shape index (κ1) is 14.8. The summed E-state index contributed by atoms with van der Waals surface area (Å²) in [5, 5.41) is 11.3. The number of alkyl halides is 3. The fourth-order valence-electron chi connectivity index (χ4n) is 1.43. The SMILES string of the molecule is CC(CC(=O)O)Nc1ccc(Br)c(C(F)(F)F)c1. The lowest BCUT2D eigenvalue weighted by molar-refractivity contribution is -0.138. The molecule has 0 saturated carbocycles. The standard InChI is InChI=1S/C11H11BrF3NO2/c1-6(4-10(17)18)16-7-2-3-9(12)8(5-7)11(13,14)15/h2-3,5-6,16H,4H2,1H3,(H,17,18). The smallest absolute Gasteiger partial charge is 0.417 e. The molecule has 0 aliphatic rings. The van der Waals surface area contributed by atoms with Gasteiger partial charge in [-0.15, -0.1) is 0 Å². The molecule has 0 bridgehead atoms. The predicted octanol–water partition coefficient (Wildman–Crippen LogP) is 3.74. The number of halogens is 4. The molecule has 0 aliphatic heterocycles. The van der Waals surface area contributed by atoms with E-state index in [1.165, 1.54) is 12.1 Å². The van der Waals surface area contributed by atoms with Crippen LogP contribution in [0.1, 0.15) is 18.9 Å². The molecule has 3 nitrogen and oxygen atoms in total. The molecule has 1 rings (SSSR count). The van der Waals surface area contributed by atoms with Crippen LogP contribution in [0, 0.1) is 0 Å². The van der Waals surface area contributed by atoms with Gasteiger partial charge in [0.25, 0.3) is 0 Å². The Bertz CT molecular complexity index is 448. The van der Waals surface area contributed by atoms with E-state index in [0.717, 1.165) is 6.07 Å². The Morgan fingerprint density at radius 2 is 2.11 bits per heavy atom. The van der Waals surface area contributed by atoms with Gasteiger partial charge in [0.15, 0.2) is 0 Å². The Kier molecular flexibility index (Phi) is 4.61.